The minimum atomic E-state index is -0.546. The fraction of sp³-hybridized carbons (Fsp3) is 0.333. The number of hydrogen-bond acceptors (Lipinski definition) is 5. The second-order valence-corrected chi connectivity index (χ2v) is 6.57. The predicted molar refractivity (Wildman–Crippen MR) is 93.6 cm³/mol. The third kappa shape index (κ3) is 3.50. The van der Waals surface area contributed by atoms with Gasteiger partial charge in [-0.2, -0.15) is 10.2 Å². The van der Waals surface area contributed by atoms with Gasteiger partial charge in [0.15, 0.2) is 5.82 Å². The van der Waals surface area contributed by atoms with Crippen LogP contribution >= 0.6 is 0 Å². The van der Waals surface area contributed by atoms with Crippen molar-refractivity contribution in [1.82, 2.24) is 29.9 Å². The van der Waals surface area contributed by atoms with Crippen LogP contribution in [0.3, 0.4) is 0 Å². The second-order valence-electron chi connectivity index (χ2n) is 6.57. The molecule has 1 saturated carbocycles. The number of aromatic nitrogens is 5. The fourth-order valence-corrected chi connectivity index (χ4v) is 3.41. The molecular formula is C18H20N6O2. The maximum Gasteiger partial charge on any atom is 0.253 e. The standard InChI is InChI=1S/C18H20N6O2/c25-16-10-13(12-23-7-1-5-20-23)9-15(16)22-18(26)14-3-4-17(19-11-14)24-8-2-6-21-24/h1-8,11,13,15-16,25H,9-10,12H2,(H,22,26)/t13?,15-,16-/m1/s1. The van der Waals surface area contributed by atoms with Gasteiger partial charge in [-0.25, -0.2) is 9.67 Å². The van der Waals surface area contributed by atoms with E-state index in [1.165, 1.54) is 6.20 Å². The Morgan fingerprint density at radius 3 is 2.73 bits per heavy atom. The summed E-state index contributed by atoms with van der Waals surface area (Å²) in [5, 5.41) is 21.5. The minimum absolute atomic E-state index is 0.228. The maximum absolute atomic E-state index is 12.5. The molecule has 3 heterocycles. The molecule has 0 aliphatic heterocycles. The lowest BCUT2D eigenvalue weighted by atomic mass is 10.1. The number of carbonyl (C=O) groups is 1. The first-order valence-corrected chi connectivity index (χ1v) is 8.61. The van der Waals surface area contributed by atoms with E-state index in [4.69, 9.17) is 0 Å². The molecule has 1 unspecified atom stereocenters. The first-order chi connectivity index (χ1) is 12.7. The van der Waals surface area contributed by atoms with Gasteiger partial charge < -0.3 is 10.4 Å². The van der Waals surface area contributed by atoms with Crippen molar-refractivity contribution in [2.45, 2.75) is 31.5 Å². The predicted octanol–water partition coefficient (Wildman–Crippen LogP) is 1.03. The van der Waals surface area contributed by atoms with Crippen molar-refractivity contribution in [2.75, 3.05) is 0 Å². The van der Waals surface area contributed by atoms with Crippen LogP contribution in [0, 0.1) is 5.92 Å². The molecule has 3 aromatic rings. The summed E-state index contributed by atoms with van der Waals surface area (Å²) in [4.78, 5) is 16.7. The number of nitrogens with one attached hydrogen (secondary N) is 1. The van der Waals surface area contributed by atoms with Gasteiger partial charge in [-0.05, 0) is 43.0 Å². The van der Waals surface area contributed by atoms with Gasteiger partial charge in [0.05, 0.1) is 17.7 Å². The van der Waals surface area contributed by atoms with Crippen molar-refractivity contribution >= 4 is 5.91 Å². The van der Waals surface area contributed by atoms with Crippen LogP contribution in [0.15, 0.2) is 55.2 Å². The molecule has 1 amide bonds. The van der Waals surface area contributed by atoms with E-state index in [2.05, 4.69) is 20.5 Å². The van der Waals surface area contributed by atoms with Gasteiger partial charge in [0.1, 0.15) is 0 Å². The third-order valence-electron chi connectivity index (χ3n) is 4.70. The van der Waals surface area contributed by atoms with Crippen LogP contribution in [0.5, 0.6) is 0 Å². The number of aliphatic hydroxyl groups excluding tert-OH is 1. The van der Waals surface area contributed by atoms with Crippen molar-refractivity contribution in [3.63, 3.8) is 0 Å². The summed E-state index contributed by atoms with van der Waals surface area (Å²) in [6.45, 7) is 0.747. The first-order valence-electron chi connectivity index (χ1n) is 8.61. The number of hydrogen-bond donors (Lipinski definition) is 2. The molecule has 134 valence electrons. The molecule has 3 atom stereocenters. The number of nitrogens with zero attached hydrogens (tertiary/aromatic N) is 5. The second kappa shape index (κ2) is 7.09. The Balaban J connectivity index is 1.37. The molecule has 8 heteroatoms. The van der Waals surface area contributed by atoms with Crippen molar-refractivity contribution in [3.05, 3.63) is 60.8 Å². The van der Waals surface area contributed by atoms with Crippen LogP contribution < -0.4 is 5.32 Å². The molecule has 26 heavy (non-hydrogen) atoms. The number of pyridine rings is 1. The van der Waals surface area contributed by atoms with E-state index in [1.54, 1.807) is 35.4 Å². The molecule has 3 aromatic heterocycles. The Labute approximate surface area is 150 Å². The van der Waals surface area contributed by atoms with E-state index < -0.39 is 6.10 Å². The summed E-state index contributed by atoms with van der Waals surface area (Å²) >= 11 is 0. The van der Waals surface area contributed by atoms with Gasteiger partial charge in [-0.1, -0.05) is 0 Å². The number of rotatable bonds is 5. The third-order valence-corrected chi connectivity index (χ3v) is 4.70. The zero-order valence-corrected chi connectivity index (χ0v) is 14.1. The summed E-state index contributed by atoms with van der Waals surface area (Å²) in [7, 11) is 0. The van der Waals surface area contributed by atoms with Crippen molar-refractivity contribution in [1.29, 1.82) is 0 Å². The zero-order valence-electron chi connectivity index (χ0n) is 14.1. The Hall–Kier alpha value is -3.00. The molecule has 1 fully saturated rings. The highest BCUT2D eigenvalue weighted by Crippen LogP contribution is 2.27. The molecule has 2 N–H and O–H groups in total. The van der Waals surface area contributed by atoms with Crippen LogP contribution in [0.25, 0.3) is 5.82 Å². The first kappa shape index (κ1) is 16.5. The lowest BCUT2D eigenvalue weighted by Crippen LogP contribution is -2.40. The maximum atomic E-state index is 12.5. The average Bonchev–Trinajstić information content (AvgIpc) is 3.39. The van der Waals surface area contributed by atoms with E-state index >= 15 is 0 Å². The molecule has 0 saturated heterocycles. The molecule has 4 rings (SSSR count). The number of carbonyl (C=O) groups excluding carboxylic acids is 1. The van der Waals surface area contributed by atoms with E-state index in [0.717, 1.165) is 13.0 Å². The highest BCUT2D eigenvalue weighted by atomic mass is 16.3. The molecule has 1 aliphatic carbocycles. The quantitative estimate of drug-likeness (QED) is 0.715. The van der Waals surface area contributed by atoms with Crippen LogP contribution in [-0.4, -0.2) is 47.7 Å². The van der Waals surface area contributed by atoms with Crippen LogP contribution in [0.2, 0.25) is 0 Å². The fourth-order valence-electron chi connectivity index (χ4n) is 3.41. The van der Waals surface area contributed by atoms with Gasteiger partial charge in [-0.15, -0.1) is 0 Å². The van der Waals surface area contributed by atoms with E-state index in [-0.39, 0.29) is 17.9 Å². The molecule has 0 spiro atoms. The van der Waals surface area contributed by atoms with Gasteiger partial charge in [0, 0.05) is 37.5 Å². The summed E-state index contributed by atoms with van der Waals surface area (Å²) < 4.78 is 3.49. The summed E-state index contributed by atoms with van der Waals surface area (Å²) in [6.07, 6.45) is 9.47. The summed E-state index contributed by atoms with van der Waals surface area (Å²) in [5.41, 5.74) is 0.462. The Bertz CT molecular complexity index is 844. The normalized spacial score (nSPS) is 22.4. The van der Waals surface area contributed by atoms with Crippen molar-refractivity contribution in [2.24, 2.45) is 5.92 Å². The Morgan fingerprint density at radius 1 is 1.19 bits per heavy atom. The summed E-state index contributed by atoms with van der Waals surface area (Å²) in [6, 6.07) is 6.89. The zero-order chi connectivity index (χ0) is 17.9. The van der Waals surface area contributed by atoms with Crippen molar-refractivity contribution < 1.29 is 9.90 Å². The Kier molecular flexibility index (Phi) is 4.49. The highest BCUT2D eigenvalue weighted by molar-refractivity contribution is 5.94. The van der Waals surface area contributed by atoms with Gasteiger partial charge in [0.2, 0.25) is 0 Å². The smallest absolute Gasteiger partial charge is 0.253 e. The van der Waals surface area contributed by atoms with E-state index in [9.17, 15) is 9.90 Å². The molecule has 8 nitrogen and oxygen atoms in total. The molecule has 0 aromatic carbocycles. The van der Waals surface area contributed by atoms with E-state index in [0.29, 0.717) is 17.8 Å². The van der Waals surface area contributed by atoms with Gasteiger partial charge in [0.25, 0.3) is 5.91 Å². The SMILES string of the molecule is O=C(N[C@@H]1CC(Cn2cccn2)C[C@H]1O)c1ccc(-n2cccn2)nc1. The van der Waals surface area contributed by atoms with Crippen LogP contribution in [0.4, 0.5) is 0 Å². The molecular weight excluding hydrogens is 332 g/mol. The average molecular weight is 352 g/mol. The van der Waals surface area contributed by atoms with Crippen molar-refractivity contribution in [3.8, 4) is 5.82 Å². The van der Waals surface area contributed by atoms with Gasteiger partial charge >= 0.3 is 0 Å². The lowest BCUT2D eigenvalue weighted by Gasteiger charge is -2.16. The van der Waals surface area contributed by atoms with E-state index in [1.807, 2.05) is 23.0 Å². The topological polar surface area (TPSA) is 97.9 Å². The lowest BCUT2D eigenvalue weighted by molar-refractivity contribution is 0.0872. The van der Waals surface area contributed by atoms with Crippen LogP contribution in [-0.2, 0) is 6.54 Å². The minimum Gasteiger partial charge on any atom is -0.391 e. The Morgan fingerprint density at radius 2 is 2.04 bits per heavy atom. The molecule has 1 aliphatic rings. The number of amides is 1. The molecule has 0 bridgehead atoms. The largest absolute Gasteiger partial charge is 0.391 e. The van der Waals surface area contributed by atoms with Crippen LogP contribution in [0.1, 0.15) is 23.2 Å². The molecule has 0 radical (unpaired) electrons. The monoisotopic (exact) mass is 352 g/mol. The number of aliphatic hydroxyl groups is 1. The highest BCUT2D eigenvalue weighted by Gasteiger charge is 2.34. The summed E-state index contributed by atoms with van der Waals surface area (Å²) in [5.74, 6) is 0.704. The van der Waals surface area contributed by atoms with Gasteiger partial charge in [-0.3, -0.25) is 9.48 Å².